The van der Waals surface area contributed by atoms with Gasteiger partial charge >= 0.3 is 0 Å². The van der Waals surface area contributed by atoms with E-state index in [1.807, 2.05) is 49.3 Å². The van der Waals surface area contributed by atoms with E-state index in [2.05, 4.69) is 22.4 Å². The van der Waals surface area contributed by atoms with Crippen molar-refractivity contribution in [2.75, 3.05) is 42.0 Å². The fourth-order valence-electron chi connectivity index (χ4n) is 2.73. The average Bonchev–Trinajstić information content (AvgIpc) is 2.70. The first kappa shape index (κ1) is 23.9. The van der Waals surface area contributed by atoms with E-state index in [9.17, 15) is 0 Å². The smallest absolute Gasteiger partial charge is 0.193 e. The van der Waals surface area contributed by atoms with Gasteiger partial charge in [-0.1, -0.05) is 30.3 Å². The lowest BCUT2D eigenvalue weighted by Crippen LogP contribution is -2.37. The van der Waals surface area contributed by atoms with Gasteiger partial charge < -0.3 is 24.4 Å². The molecule has 154 valence electrons. The molecule has 0 aromatic heterocycles. The second-order valence-corrected chi connectivity index (χ2v) is 6.21. The molecule has 7 heteroatoms. The molecule has 0 bridgehead atoms. The Morgan fingerprint density at radius 1 is 0.964 bits per heavy atom. The number of benzene rings is 2. The standard InChI is InChI=1S/C21H29N3O3.HI/c1-24(2)21(23-15-16-9-7-6-8-10-16)22-12-11-18-19(26-4)13-17(25-3)14-20(18)27-5;/h6-10,13-14H,11-12,15H2,1-5H3,(H,22,23);1H. The zero-order valence-electron chi connectivity index (χ0n) is 17.2. The van der Waals surface area contributed by atoms with Gasteiger partial charge in [-0.3, -0.25) is 0 Å². The highest BCUT2D eigenvalue weighted by Crippen LogP contribution is 2.34. The lowest BCUT2D eigenvalue weighted by molar-refractivity contribution is 0.368. The van der Waals surface area contributed by atoms with Crippen molar-refractivity contribution in [3.05, 3.63) is 53.6 Å². The molecule has 0 amide bonds. The van der Waals surface area contributed by atoms with Crippen LogP contribution in [0.5, 0.6) is 17.2 Å². The number of nitrogens with one attached hydrogen (secondary N) is 1. The van der Waals surface area contributed by atoms with Crippen LogP contribution in [0.15, 0.2) is 47.5 Å². The van der Waals surface area contributed by atoms with Crippen LogP contribution in [0.25, 0.3) is 0 Å². The van der Waals surface area contributed by atoms with Crippen molar-refractivity contribution in [2.45, 2.75) is 13.0 Å². The molecule has 6 nitrogen and oxygen atoms in total. The molecule has 28 heavy (non-hydrogen) atoms. The largest absolute Gasteiger partial charge is 0.496 e. The van der Waals surface area contributed by atoms with Crippen molar-refractivity contribution in [3.8, 4) is 17.2 Å². The zero-order chi connectivity index (χ0) is 19.6. The molecule has 2 rings (SSSR count). The van der Waals surface area contributed by atoms with Crippen molar-refractivity contribution >= 4 is 29.9 Å². The predicted octanol–water partition coefficient (Wildman–Crippen LogP) is 3.58. The van der Waals surface area contributed by atoms with Gasteiger partial charge in [0.25, 0.3) is 0 Å². The first-order valence-electron chi connectivity index (χ1n) is 8.87. The van der Waals surface area contributed by atoms with Gasteiger partial charge in [0, 0.05) is 38.3 Å². The maximum absolute atomic E-state index is 5.51. The maximum Gasteiger partial charge on any atom is 0.193 e. The molecule has 1 N–H and O–H groups in total. The Hall–Kier alpha value is -2.16. The molecule has 0 aliphatic carbocycles. The third-order valence-corrected chi connectivity index (χ3v) is 4.15. The van der Waals surface area contributed by atoms with Crippen LogP contribution in [0.2, 0.25) is 0 Å². The van der Waals surface area contributed by atoms with Crippen LogP contribution in [-0.4, -0.2) is 52.8 Å². The topological polar surface area (TPSA) is 55.3 Å². The number of nitrogens with zero attached hydrogens (tertiary/aromatic N) is 2. The van der Waals surface area contributed by atoms with Gasteiger partial charge in [0.15, 0.2) is 5.96 Å². The number of rotatable bonds is 8. The van der Waals surface area contributed by atoms with Crippen LogP contribution in [0.4, 0.5) is 0 Å². The number of aliphatic imine (C=N–C) groups is 1. The summed E-state index contributed by atoms with van der Waals surface area (Å²) >= 11 is 0. The van der Waals surface area contributed by atoms with Crippen LogP contribution in [-0.2, 0) is 13.0 Å². The summed E-state index contributed by atoms with van der Waals surface area (Å²) in [5, 5.41) is 3.40. The third-order valence-electron chi connectivity index (χ3n) is 4.15. The molecule has 2 aromatic rings. The first-order valence-corrected chi connectivity index (χ1v) is 8.87. The fraction of sp³-hybridized carbons (Fsp3) is 0.381. The van der Waals surface area contributed by atoms with Gasteiger partial charge in [-0.05, 0) is 12.0 Å². The van der Waals surface area contributed by atoms with Crippen LogP contribution < -0.4 is 19.5 Å². The van der Waals surface area contributed by atoms with Crippen molar-refractivity contribution in [1.29, 1.82) is 0 Å². The SMILES string of the molecule is COc1cc(OC)c(CCNC(=NCc2ccccc2)N(C)C)c(OC)c1.I. The van der Waals surface area contributed by atoms with Crippen LogP contribution >= 0.6 is 24.0 Å². The normalized spacial score (nSPS) is 10.7. The van der Waals surface area contributed by atoms with Gasteiger partial charge in [-0.15, -0.1) is 24.0 Å². The zero-order valence-corrected chi connectivity index (χ0v) is 19.5. The number of halogens is 1. The Balaban J connectivity index is 0.00000392. The van der Waals surface area contributed by atoms with Crippen LogP contribution in [0.3, 0.4) is 0 Å². The highest BCUT2D eigenvalue weighted by molar-refractivity contribution is 14.0. The molecule has 0 fully saturated rings. The van der Waals surface area contributed by atoms with E-state index < -0.39 is 0 Å². The Bertz CT molecular complexity index is 727. The van der Waals surface area contributed by atoms with Gasteiger partial charge in [0.1, 0.15) is 17.2 Å². The molecule has 0 heterocycles. The summed E-state index contributed by atoms with van der Waals surface area (Å²) in [4.78, 5) is 6.66. The maximum atomic E-state index is 5.51. The quantitative estimate of drug-likeness (QED) is 0.342. The minimum atomic E-state index is 0. The molecule has 0 unspecified atom stereocenters. The van der Waals surface area contributed by atoms with Crippen molar-refractivity contribution in [2.24, 2.45) is 4.99 Å². The van der Waals surface area contributed by atoms with E-state index in [0.717, 1.165) is 29.4 Å². The summed E-state index contributed by atoms with van der Waals surface area (Å²) in [7, 11) is 8.88. The monoisotopic (exact) mass is 499 g/mol. The Morgan fingerprint density at radius 2 is 1.57 bits per heavy atom. The van der Waals surface area contributed by atoms with Gasteiger partial charge in [-0.25, -0.2) is 4.99 Å². The lowest BCUT2D eigenvalue weighted by atomic mass is 10.1. The second kappa shape index (κ2) is 12.3. The average molecular weight is 499 g/mol. The van der Waals surface area contributed by atoms with Crippen LogP contribution in [0.1, 0.15) is 11.1 Å². The second-order valence-electron chi connectivity index (χ2n) is 6.21. The minimum Gasteiger partial charge on any atom is -0.496 e. The van der Waals surface area contributed by atoms with Gasteiger partial charge in [-0.2, -0.15) is 0 Å². The molecule has 0 atom stereocenters. The number of hydrogen-bond donors (Lipinski definition) is 1. The number of methoxy groups -OCH3 is 3. The Morgan fingerprint density at radius 3 is 2.07 bits per heavy atom. The number of hydrogen-bond acceptors (Lipinski definition) is 4. The first-order chi connectivity index (χ1) is 13.1. The lowest BCUT2D eigenvalue weighted by Gasteiger charge is -2.19. The van der Waals surface area contributed by atoms with Crippen molar-refractivity contribution < 1.29 is 14.2 Å². The van der Waals surface area contributed by atoms with Crippen molar-refractivity contribution in [3.63, 3.8) is 0 Å². The van der Waals surface area contributed by atoms with E-state index in [0.29, 0.717) is 18.8 Å². The Labute approximate surface area is 184 Å². The van der Waals surface area contributed by atoms with E-state index in [1.165, 1.54) is 5.56 Å². The summed E-state index contributed by atoms with van der Waals surface area (Å²) < 4.78 is 16.3. The summed E-state index contributed by atoms with van der Waals surface area (Å²) in [5.41, 5.74) is 2.17. The summed E-state index contributed by atoms with van der Waals surface area (Å²) in [6.45, 7) is 1.33. The summed E-state index contributed by atoms with van der Waals surface area (Å²) in [5.74, 6) is 3.05. The minimum absolute atomic E-state index is 0. The molecule has 0 aliphatic rings. The van der Waals surface area contributed by atoms with Gasteiger partial charge in [0.05, 0.1) is 27.9 Å². The molecule has 2 aromatic carbocycles. The third kappa shape index (κ3) is 6.78. The molecule has 0 radical (unpaired) electrons. The van der Waals surface area contributed by atoms with E-state index >= 15 is 0 Å². The summed E-state index contributed by atoms with van der Waals surface area (Å²) in [6.07, 6.45) is 0.731. The molecule has 0 saturated carbocycles. The van der Waals surface area contributed by atoms with E-state index in [4.69, 9.17) is 14.2 Å². The summed E-state index contributed by atoms with van der Waals surface area (Å²) in [6, 6.07) is 13.9. The fourth-order valence-corrected chi connectivity index (χ4v) is 2.73. The van der Waals surface area contributed by atoms with Crippen molar-refractivity contribution in [1.82, 2.24) is 10.2 Å². The van der Waals surface area contributed by atoms with E-state index in [1.54, 1.807) is 21.3 Å². The van der Waals surface area contributed by atoms with E-state index in [-0.39, 0.29) is 24.0 Å². The highest BCUT2D eigenvalue weighted by atomic mass is 127. The Kier molecular flexibility index (Phi) is 10.5. The number of guanidine groups is 1. The molecule has 0 saturated heterocycles. The van der Waals surface area contributed by atoms with Gasteiger partial charge in [0.2, 0.25) is 0 Å². The molecular weight excluding hydrogens is 469 g/mol. The molecule has 0 spiro atoms. The number of ether oxygens (including phenoxy) is 3. The molecule has 0 aliphatic heterocycles. The highest BCUT2D eigenvalue weighted by Gasteiger charge is 2.13. The predicted molar refractivity (Wildman–Crippen MR) is 124 cm³/mol. The van der Waals surface area contributed by atoms with Crippen LogP contribution in [0, 0.1) is 0 Å². The molecular formula is C21H30IN3O3.